The number of primary amides is 1. The fraction of sp³-hybridized carbons (Fsp3) is 0.250. The molecule has 3 amide bonds. The third-order valence-electron chi connectivity index (χ3n) is 5.15. The highest BCUT2D eigenvalue weighted by Crippen LogP contribution is 2.29. The number of amides is 3. The summed E-state index contributed by atoms with van der Waals surface area (Å²) in [5.41, 5.74) is 7.45. The Morgan fingerprint density at radius 3 is 2.53 bits per heavy atom. The van der Waals surface area contributed by atoms with Crippen molar-refractivity contribution in [2.24, 2.45) is 5.73 Å². The number of anilines is 3. The molecule has 1 aliphatic rings. The maximum absolute atomic E-state index is 12.3. The first kappa shape index (κ1) is 23.0. The Morgan fingerprint density at radius 1 is 1.09 bits per heavy atom. The molecule has 1 fully saturated rings. The van der Waals surface area contributed by atoms with Crippen molar-refractivity contribution in [3.05, 3.63) is 60.3 Å². The van der Waals surface area contributed by atoms with Crippen LogP contribution in [0.2, 0.25) is 0 Å². The van der Waals surface area contributed by atoms with Gasteiger partial charge in [-0.3, -0.25) is 4.79 Å². The van der Waals surface area contributed by atoms with Gasteiger partial charge in [0.25, 0.3) is 0 Å². The van der Waals surface area contributed by atoms with Crippen LogP contribution in [-0.4, -0.2) is 54.8 Å². The average molecular weight is 463 g/mol. The van der Waals surface area contributed by atoms with Crippen LogP contribution in [0.3, 0.4) is 0 Å². The van der Waals surface area contributed by atoms with E-state index in [2.05, 4.69) is 20.5 Å². The predicted molar refractivity (Wildman–Crippen MR) is 129 cm³/mol. The second-order valence-electron chi connectivity index (χ2n) is 7.52. The molecule has 0 unspecified atom stereocenters. The summed E-state index contributed by atoms with van der Waals surface area (Å²) in [6.45, 7) is 5.19. The lowest BCUT2D eigenvalue weighted by molar-refractivity contribution is 0.1000. The minimum Gasteiger partial charge on any atom is -0.488 e. The molecule has 0 atom stereocenters. The quantitative estimate of drug-likeness (QED) is 0.491. The van der Waals surface area contributed by atoms with Crippen molar-refractivity contribution in [1.82, 2.24) is 9.97 Å². The molecule has 0 saturated carbocycles. The van der Waals surface area contributed by atoms with Crippen LogP contribution in [-0.2, 0) is 4.74 Å². The summed E-state index contributed by atoms with van der Waals surface area (Å²) >= 11 is 0. The Morgan fingerprint density at radius 2 is 1.82 bits per heavy atom. The first-order valence-corrected chi connectivity index (χ1v) is 10.9. The molecule has 34 heavy (non-hydrogen) atoms. The summed E-state index contributed by atoms with van der Waals surface area (Å²) in [6.07, 6.45) is 1.69. The van der Waals surface area contributed by atoms with Gasteiger partial charge in [-0.2, -0.15) is 0 Å². The van der Waals surface area contributed by atoms with Crippen molar-refractivity contribution in [2.75, 3.05) is 48.4 Å². The fourth-order valence-electron chi connectivity index (χ4n) is 3.51. The molecule has 1 saturated heterocycles. The number of carbonyl (C=O) groups is 2. The fourth-order valence-corrected chi connectivity index (χ4v) is 3.51. The normalized spacial score (nSPS) is 13.3. The predicted octanol–water partition coefficient (Wildman–Crippen LogP) is 3.12. The van der Waals surface area contributed by atoms with Gasteiger partial charge in [0, 0.05) is 35.6 Å². The van der Waals surface area contributed by atoms with E-state index in [9.17, 15) is 9.59 Å². The van der Waals surface area contributed by atoms with E-state index in [-0.39, 0.29) is 0 Å². The number of urea groups is 1. The molecular weight excluding hydrogens is 436 g/mol. The molecule has 0 aliphatic carbocycles. The molecule has 3 aromatic rings. The van der Waals surface area contributed by atoms with Crippen molar-refractivity contribution in [1.29, 1.82) is 0 Å². The second kappa shape index (κ2) is 10.6. The van der Waals surface area contributed by atoms with E-state index >= 15 is 0 Å². The lowest BCUT2D eigenvalue weighted by Gasteiger charge is -2.29. The summed E-state index contributed by atoms with van der Waals surface area (Å²) < 4.78 is 11.2. The summed E-state index contributed by atoms with van der Waals surface area (Å²) in [5.74, 6) is 1.38. The number of rotatable bonds is 7. The average Bonchev–Trinajstić information content (AvgIpc) is 2.85. The highest BCUT2D eigenvalue weighted by Gasteiger charge is 2.19. The number of morpholine rings is 1. The monoisotopic (exact) mass is 462 g/mol. The van der Waals surface area contributed by atoms with E-state index in [1.54, 1.807) is 36.5 Å². The third-order valence-corrected chi connectivity index (χ3v) is 5.15. The van der Waals surface area contributed by atoms with Crippen LogP contribution in [0.25, 0.3) is 11.4 Å². The number of hydrogen-bond acceptors (Lipinski definition) is 7. The maximum Gasteiger partial charge on any atom is 0.323 e. The summed E-state index contributed by atoms with van der Waals surface area (Å²) in [4.78, 5) is 35.0. The minimum atomic E-state index is -0.562. The summed E-state index contributed by atoms with van der Waals surface area (Å²) in [7, 11) is 0. The maximum atomic E-state index is 12.3. The van der Waals surface area contributed by atoms with Gasteiger partial charge in [-0.1, -0.05) is 6.07 Å². The SMILES string of the molecule is CCOc1cnc(-c2ccc(NC(=O)Nc3cccc(C(N)=O)c3)cc2)nc1N1CCOCC1. The second-order valence-corrected chi connectivity index (χ2v) is 7.52. The zero-order valence-corrected chi connectivity index (χ0v) is 18.8. The van der Waals surface area contributed by atoms with Gasteiger partial charge in [0.2, 0.25) is 5.91 Å². The molecule has 0 radical (unpaired) electrons. The van der Waals surface area contributed by atoms with E-state index < -0.39 is 11.9 Å². The number of nitrogens with zero attached hydrogens (tertiary/aromatic N) is 3. The Kier molecular flexibility index (Phi) is 7.19. The summed E-state index contributed by atoms with van der Waals surface area (Å²) in [6, 6.07) is 13.2. The molecule has 4 N–H and O–H groups in total. The van der Waals surface area contributed by atoms with Crippen molar-refractivity contribution >= 4 is 29.1 Å². The summed E-state index contributed by atoms with van der Waals surface area (Å²) in [5, 5.41) is 5.44. The molecule has 10 nitrogen and oxygen atoms in total. The first-order chi connectivity index (χ1) is 16.5. The molecule has 1 aliphatic heterocycles. The number of hydrogen-bond donors (Lipinski definition) is 3. The van der Waals surface area contributed by atoms with Crippen LogP contribution in [0.5, 0.6) is 5.75 Å². The van der Waals surface area contributed by atoms with Crippen molar-refractivity contribution in [2.45, 2.75) is 6.92 Å². The molecule has 1 aromatic heterocycles. The molecule has 4 rings (SSSR count). The van der Waals surface area contributed by atoms with Gasteiger partial charge < -0.3 is 30.7 Å². The number of nitrogens with one attached hydrogen (secondary N) is 2. The van der Waals surface area contributed by atoms with Crippen LogP contribution in [0.1, 0.15) is 17.3 Å². The van der Waals surface area contributed by atoms with E-state index in [0.717, 1.165) is 24.5 Å². The van der Waals surface area contributed by atoms with Crippen LogP contribution in [0.4, 0.5) is 22.0 Å². The molecular formula is C24H26N6O4. The van der Waals surface area contributed by atoms with Gasteiger partial charge in [0.1, 0.15) is 0 Å². The smallest absolute Gasteiger partial charge is 0.323 e. The highest BCUT2D eigenvalue weighted by atomic mass is 16.5. The van der Waals surface area contributed by atoms with Gasteiger partial charge >= 0.3 is 6.03 Å². The third kappa shape index (κ3) is 5.59. The van der Waals surface area contributed by atoms with Crippen molar-refractivity contribution in [3.63, 3.8) is 0 Å². The minimum absolute atomic E-state index is 0.314. The van der Waals surface area contributed by atoms with E-state index in [1.165, 1.54) is 6.07 Å². The molecule has 2 aromatic carbocycles. The van der Waals surface area contributed by atoms with Crippen LogP contribution in [0.15, 0.2) is 54.7 Å². The first-order valence-electron chi connectivity index (χ1n) is 10.9. The lowest BCUT2D eigenvalue weighted by Crippen LogP contribution is -2.37. The van der Waals surface area contributed by atoms with Crippen LogP contribution < -0.4 is 26.0 Å². The van der Waals surface area contributed by atoms with E-state index in [4.69, 9.17) is 20.2 Å². The molecule has 176 valence electrons. The van der Waals surface area contributed by atoms with Gasteiger partial charge in [-0.25, -0.2) is 14.8 Å². The zero-order valence-electron chi connectivity index (χ0n) is 18.8. The van der Waals surface area contributed by atoms with Gasteiger partial charge in [0.05, 0.1) is 26.0 Å². The molecule has 0 bridgehead atoms. The van der Waals surface area contributed by atoms with Gasteiger partial charge in [0.15, 0.2) is 17.4 Å². The van der Waals surface area contributed by atoms with Crippen molar-refractivity contribution in [3.8, 4) is 17.1 Å². The zero-order chi connectivity index (χ0) is 23.9. The Labute approximate surface area is 197 Å². The van der Waals surface area contributed by atoms with Gasteiger partial charge in [-0.05, 0) is 49.4 Å². The Hall–Kier alpha value is -4.18. The van der Waals surface area contributed by atoms with Gasteiger partial charge in [-0.15, -0.1) is 0 Å². The van der Waals surface area contributed by atoms with Crippen LogP contribution >= 0.6 is 0 Å². The van der Waals surface area contributed by atoms with Crippen LogP contribution in [0, 0.1) is 0 Å². The highest BCUT2D eigenvalue weighted by molar-refractivity contribution is 6.01. The number of aromatic nitrogens is 2. The number of ether oxygens (including phenoxy) is 2. The van der Waals surface area contributed by atoms with E-state index in [1.807, 2.05) is 19.1 Å². The lowest BCUT2D eigenvalue weighted by atomic mass is 10.2. The molecule has 0 spiro atoms. The molecule has 10 heteroatoms. The van der Waals surface area contributed by atoms with Crippen molar-refractivity contribution < 1.29 is 19.1 Å². The number of benzene rings is 2. The Balaban J connectivity index is 1.46. The standard InChI is InChI=1S/C24H26N6O4/c1-2-34-20-15-26-22(29-23(20)30-10-12-33-13-11-30)16-6-8-18(9-7-16)27-24(32)28-19-5-3-4-17(14-19)21(25)31/h3-9,14-15H,2,10-13H2,1H3,(H2,25,31)(H2,27,28,32). The number of carbonyl (C=O) groups excluding carboxylic acids is 2. The number of nitrogens with two attached hydrogens (primary N) is 1. The largest absolute Gasteiger partial charge is 0.488 e. The Bertz CT molecular complexity index is 1160. The molecule has 2 heterocycles. The van der Waals surface area contributed by atoms with E-state index in [0.29, 0.717) is 48.3 Å². The topological polar surface area (TPSA) is 132 Å².